The van der Waals surface area contributed by atoms with Crippen molar-refractivity contribution in [3.05, 3.63) is 0 Å². The molecule has 18 heavy (non-hydrogen) atoms. The van der Waals surface area contributed by atoms with Gasteiger partial charge in [-0.25, -0.2) is 0 Å². The Hall–Kier alpha value is -1.06. The van der Waals surface area contributed by atoms with Gasteiger partial charge in [0.05, 0.1) is 5.92 Å². The summed E-state index contributed by atoms with van der Waals surface area (Å²) in [7, 11) is 0. The molecule has 4 nitrogen and oxygen atoms in total. The van der Waals surface area contributed by atoms with E-state index in [0.717, 1.165) is 19.3 Å². The highest BCUT2D eigenvalue weighted by atomic mass is 16.4. The fourth-order valence-corrected chi connectivity index (χ4v) is 3.57. The largest absolute Gasteiger partial charge is 0.481 e. The summed E-state index contributed by atoms with van der Waals surface area (Å²) in [6.45, 7) is 5.92. The molecule has 1 saturated heterocycles. The van der Waals surface area contributed by atoms with E-state index in [2.05, 4.69) is 6.92 Å². The second kappa shape index (κ2) is 4.90. The first-order chi connectivity index (χ1) is 8.47. The van der Waals surface area contributed by atoms with E-state index in [1.165, 1.54) is 0 Å². The highest BCUT2D eigenvalue weighted by Crippen LogP contribution is 2.44. The summed E-state index contributed by atoms with van der Waals surface area (Å²) in [4.78, 5) is 25.4. The first-order valence-electron chi connectivity index (χ1n) is 7.01. The first-order valence-corrected chi connectivity index (χ1v) is 7.01. The molecular formula is C14H23NO3. The summed E-state index contributed by atoms with van der Waals surface area (Å²) in [5.41, 5.74) is 0. The minimum Gasteiger partial charge on any atom is -0.481 e. The third-order valence-electron chi connectivity index (χ3n) is 4.54. The minimum absolute atomic E-state index is 0.0513. The van der Waals surface area contributed by atoms with E-state index in [9.17, 15) is 14.7 Å². The Labute approximate surface area is 108 Å². The van der Waals surface area contributed by atoms with Gasteiger partial charge < -0.3 is 10.0 Å². The predicted molar refractivity (Wildman–Crippen MR) is 68.0 cm³/mol. The molecule has 0 aromatic carbocycles. The van der Waals surface area contributed by atoms with E-state index in [0.29, 0.717) is 18.4 Å². The molecular weight excluding hydrogens is 230 g/mol. The van der Waals surface area contributed by atoms with Gasteiger partial charge >= 0.3 is 5.97 Å². The highest BCUT2D eigenvalue weighted by Gasteiger charge is 2.50. The quantitative estimate of drug-likeness (QED) is 0.835. The van der Waals surface area contributed by atoms with E-state index >= 15 is 0 Å². The summed E-state index contributed by atoms with van der Waals surface area (Å²) >= 11 is 0. The van der Waals surface area contributed by atoms with Crippen molar-refractivity contribution in [1.82, 2.24) is 4.90 Å². The molecule has 0 aromatic heterocycles. The van der Waals surface area contributed by atoms with E-state index in [4.69, 9.17) is 0 Å². The zero-order valence-corrected chi connectivity index (χ0v) is 11.4. The monoisotopic (exact) mass is 253 g/mol. The van der Waals surface area contributed by atoms with Gasteiger partial charge in [-0.05, 0) is 31.6 Å². The van der Waals surface area contributed by atoms with Gasteiger partial charge in [-0.15, -0.1) is 0 Å². The maximum atomic E-state index is 12.1. The van der Waals surface area contributed by atoms with E-state index in [-0.39, 0.29) is 17.9 Å². The van der Waals surface area contributed by atoms with Gasteiger partial charge in [-0.1, -0.05) is 20.3 Å². The van der Waals surface area contributed by atoms with Gasteiger partial charge in [0.15, 0.2) is 0 Å². The van der Waals surface area contributed by atoms with Crippen LogP contribution in [0.5, 0.6) is 0 Å². The van der Waals surface area contributed by atoms with Gasteiger partial charge in [-0.2, -0.15) is 0 Å². The van der Waals surface area contributed by atoms with Gasteiger partial charge in [0.1, 0.15) is 0 Å². The van der Waals surface area contributed by atoms with E-state index < -0.39 is 11.9 Å². The topological polar surface area (TPSA) is 57.6 Å². The number of hydrogen-bond acceptors (Lipinski definition) is 2. The van der Waals surface area contributed by atoms with Crippen molar-refractivity contribution in [2.75, 3.05) is 0 Å². The molecule has 2 aliphatic rings. The van der Waals surface area contributed by atoms with Crippen LogP contribution in [-0.2, 0) is 9.59 Å². The third kappa shape index (κ3) is 2.25. The van der Waals surface area contributed by atoms with Crippen LogP contribution in [0.15, 0.2) is 0 Å². The Kier molecular flexibility index (Phi) is 3.64. The van der Waals surface area contributed by atoms with Crippen molar-refractivity contribution in [3.63, 3.8) is 0 Å². The van der Waals surface area contributed by atoms with Gasteiger partial charge in [0.25, 0.3) is 0 Å². The summed E-state index contributed by atoms with van der Waals surface area (Å²) in [6.07, 6.45) is 3.73. The Balaban J connectivity index is 2.10. The lowest BCUT2D eigenvalue weighted by Gasteiger charge is -2.41. The molecule has 0 aromatic rings. The number of rotatable bonds is 4. The summed E-state index contributed by atoms with van der Waals surface area (Å²) in [5, 5.41) is 9.32. The number of likely N-dealkylation sites (tertiary alicyclic amines) is 1. The zero-order valence-electron chi connectivity index (χ0n) is 11.4. The molecule has 1 amide bonds. The zero-order chi connectivity index (χ0) is 13.4. The molecule has 1 saturated carbocycles. The molecule has 1 aliphatic carbocycles. The SMILES string of the molecule is CCCC1CC1N1C(=O)CC(C)C(C(=O)O)C1C. The number of carbonyl (C=O) groups excluding carboxylic acids is 1. The number of hydrogen-bond donors (Lipinski definition) is 1. The van der Waals surface area contributed by atoms with Crippen LogP contribution >= 0.6 is 0 Å². The van der Waals surface area contributed by atoms with E-state index in [1.807, 2.05) is 18.7 Å². The second-order valence-corrected chi connectivity index (χ2v) is 5.94. The van der Waals surface area contributed by atoms with Crippen molar-refractivity contribution in [2.24, 2.45) is 17.8 Å². The number of carboxylic acid groups (broad SMARTS) is 1. The standard InChI is InChI=1S/C14H23NO3/c1-4-5-10-7-11(10)15-9(3)13(14(17)18)8(2)6-12(15)16/h8-11,13H,4-7H2,1-3H3,(H,17,18). The van der Waals surface area contributed by atoms with Crippen LogP contribution in [0.3, 0.4) is 0 Å². The molecule has 0 bridgehead atoms. The van der Waals surface area contributed by atoms with Gasteiger partial charge in [0, 0.05) is 18.5 Å². The molecule has 1 heterocycles. The summed E-state index contributed by atoms with van der Waals surface area (Å²) in [5.74, 6) is -0.476. The van der Waals surface area contributed by atoms with Crippen LogP contribution in [0.25, 0.3) is 0 Å². The lowest BCUT2D eigenvalue weighted by molar-refractivity contribution is -0.155. The predicted octanol–water partition coefficient (Wildman–Crippen LogP) is 2.13. The van der Waals surface area contributed by atoms with Crippen molar-refractivity contribution >= 4 is 11.9 Å². The van der Waals surface area contributed by atoms with Crippen LogP contribution in [0.1, 0.15) is 46.5 Å². The Morgan fingerprint density at radius 1 is 1.44 bits per heavy atom. The lowest BCUT2D eigenvalue weighted by atomic mass is 9.81. The molecule has 1 N–H and O–H groups in total. The molecule has 102 valence electrons. The maximum Gasteiger partial charge on any atom is 0.308 e. The number of amides is 1. The number of carbonyl (C=O) groups is 2. The third-order valence-corrected chi connectivity index (χ3v) is 4.54. The number of nitrogens with zero attached hydrogens (tertiary/aromatic N) is 1. The lowest BCUT2D eigenvalue weighted by Crippen LogP contribution is -2.54. The number of aliphatic carboxylic acids is 1. The minimum atomic E-state index is -0.764. The highest BCUT2D eigenvalue weighted by molar-refractivity contribution is 5.82. The normalized spacial score (nSPS) is 39.8. The fraction of sp³-hybridized carbons (Fsp3) is 0.857. The van der Waals surface area contributed by atoms with Crippen LogP contribution in [0.4, 0.5) is 0 Å². The van der Waals surface area contributed by atoms with Crippen molar-refractivity contribution in [2.45, 2.75) is 58.5 Å². The molecule has 1 aliphatic heterocycles. The van der Waals surface area contributed by atoms with Crippen LogP contribution in [-0.4, -0.2) is 34.0 Å². The molecule has 4 heteroatoms. The summed E-state index contributed by atoms with van der Waals surface area (Å²) in [6, 6.07) is 0.146. The average molecular weight is 253 g/mol. The smallest absolute Gasteiger partial charge is 0.308 e. The summed E-state index contributed by atoms with van der Waals surface area (Å²) < 4.78 is 0. The molecule has 5 unspecified atom stereocenters. The van der Waals surface area contributed by atoms with Crippen molar-refractivity contribution in [3.8, 4) is 0 Å². The van der Waals surface area contributed by atoms with Crippen LogP contribution < -0.4 is 0 Å². The number of carboxylic acids is 1. The average Bonchev–Trinajstić information content (AvgIpc) is 2.96. The molecule has 0 radical (unpaired) electrons. The Bertz CT molecular complexity index is 355. The van der Waals surface area contributed by atoms with Gasteiger partial charge in [-0.3, -0.25) is 9.59 Å². The van der Waals surface area contributed by atoms with Crippen molar-refractivity contribution < 1.29 is 14.7 Å². The van der Waals surface area contributed by atoms with E-state index in [1.54, 1.807) is 0 Å². The second-order valence-electron chi connectivity index (χ2n) is 5.94. The Morgan fingerprint density at radius 2 is 2.11 bits per heavy atom. The van der Waals surface area contributed by atoms with Crippen LogP contribution in [0.2, 0.25) is 0 Å². The van der Waals surface area contributed by atoms with Crippen LogP contribution in [0, 0.1) is 17.8 Å². The fourth-order valence-electron chi connectivity index (χ4n) is 3.57. The molecule has 2 rings (SSSR count). The molecule has 5 atom stereocenters. The number of piperidine rings is 1. The maximum absolute atomic E-state index is 12.1. The van der Waals surface area contributed by atoms with Crippen molar-refractivity contribution in [1.29, 1.82) is 0 Å². The first kappa shape index (κ1) is 13.4. The molecule has 0 spiro atoms. The molecule has 2 fully saturated rings. The Morgan fingerprint density at radius 3 is 2.67 bits per heavy atom. The van der Waals surface area contributed by atoms with Gasteiger partial charge in [0.2, 0.25) is 5.91 Å².